The minimum atomic E-state index is 0.113. The van der Waals surface area contributed by atoms with Crippen molar-refractivity contribution in [2.45, 2.75) is 20.3 Å². The lowest BCUT2D eigenvalue weighted by molar-refractivity contribution is 0.315. The van der Waals surface area contributed by atoms with Gasteiger partial charge in [-0.15, -0.1) is 11.3 Å². The lowest BCUT2D eigenvalue weighted by Crippen LogP contribution is -2.12. The second-order valence-corrected chi connectivity index (χ2v) is 7.49. The first kappa shape index (κ1) is 20.0. The molecular formula is C23H23N3O3S. The van der Waals surface area contributed by atoms with Crippen LogP contribution >= 0.6 is 11.3 Å². The van der Waals surface area contributed by atoms with Gasteiger partial charge in [-0.3, -0.25) is 4.99 Å². The highest BCUT2D eigenvalue weighted by atomic mass is 32.1. The van der Waals surface area contributed by atoms with Crippen LogP contribution in [0.2, 0.25) is 0 Å². The minimum absolute atomic E-state index is 0.113. The fraction of sp³-hybridized carbons (Fsp3) is 0.217. The first-order valence-electron chi connectivity index (χ1n) is 9.89. The lowest BCUT2D eigenvalue weighted by Gasteiger charge is -2.06. The van der Waals surface area contributed by atoms with Gasteiger partial charge in [-0.25, -0.2) is 4.68 Å². The first-order chi connectivity index (χ1) is 14.7. The smallest absolute Gasteiger partial charge is 0.206 e. The van der Waals surface area contributed by atoms with Crippen LogP contribution in [0.3, 0.4) is 0 Å². The standard InChI is InChI=1S/C23H23N3O3S/c1-3-11-28-18-10-9-17(20(27)13-18)14-25-26-19(15-30-23(26)24-4-2)22-12-16-7-5-6-8-21(16)29-22/h5-10,12-15,27H,3-4,11H2,1-2H3. The molecule has 0 aliphatic heterocycles. The predicted molar refractivity (Wildman–Crippen MR) is 121 cm³/mol. The van der Waals surface area contributed by atoms with Crippen LogP contribution in [0.25, 0.3) is 22.4 Å². The van der Waals surface area contributed by atoms with Crippen LogP contribution in [0.15, 0.2) is 68.4 Å². The molecule has 154 valence electrons. The number of furan rings is 1. The molecule has 0 spiro atoms. The number of para-hydroxylation sites is 1. The Morgan fingerprint density at radius 3 is 2.80 bits per heavy atom. The number of hydrogen-bond acceptors (Lipinski definition) is 6. The molecule has 0 radical (unpaired) electrons. The molecule has 6 nitrogen and oxygen atoms in total. The molecule has 1 N–H and O–H groups in total. The fourth-order valence-corrected chi connectivity index (χ4v) is 3.88. The quantitative estimate of drug-likeness (QED) is 0.414. The van der Waals surface area contributed by atoms with Crippen molar-refractivity contribution in [3.63, 3.8) is 0 Å². The van der Waals surface area contributed by atoms with Gasteiger partial charge in [-0.05, 0) is 37.6 Å². The molecule has 0 fully saturated rings. The van der Waals surface area contributed by atoms with E-state index in [2.05, 4.69) is 10.1 Å². The predicted octanol–water partition coefficient (Wildman–Crippen LogP) is 5.26. The molecule has 4 rings (SSSR count). The molecular weight excluding hydrogens is 398 g/mol. The Kier molecular flexibility index (Phi) is 5.99. The van der Waals surface area contributed by atoms with Gasteiger partial charge in [0.1, 0.15) is 22.8 Å². The molecule has 2 heterocycles. The molecule has 2 aromatic heterocycles. The van der Waals surface area contributed by atoms with Crippen LogP contribution in [0, 0.1) is 0 Å². The average Bonchev–Trinajstić information content (AvgIpc) is 3.35. The van der Waals surface area contributed by atoms with Gasteiger partial charge in [0.15, 0.2) is 5.76 Å². The topological polar surface area (TPSA) is 72.2 Å². The van der Waals surface area contributed by atoms with Gasteiger partial charge < -0.3 is 14.3 Å². The number of hydrogen-bond donors (Lipinski definition) is 1. The highest BCUT2D eigenvalue weighted by Crippen LogP contribution is 2.28. The Morgan fingerprint density at radius 2 is 2.03 bits per heavy atom. The Hall–Kier alpha value is -3.32. The molecule has 4 aromatic rings. The number of phenols is 1. The molecule has 0 unspecified atom stereocenters. The van der Waals surface area contributed by atoms with Crippen molar-refractivity contribution >= 4 is 28.5 Å². The average molecular weight is 422 g/mol. The van der Waals surface area contributed by atoms with E-state index in [-0.39, 0.29) is 5.75 Å². The molecule has 0 bridgehead atoms. The maximum absolute atomic E-state index is 10.4. The molecule has 7 heteroatoms. The molecule has 2 aromatic carbocycles. The first-order valence-corrected chi connectivity index (χ1v) is 10.8. The summed E-state index contributed by atoms with van der Waals surface area (Å²) in [7, 11) is 0. The highest BCUT2D eigenvalue weighted by molar-refractivity contribution is 7.07. The van der Waals surface area contributed by atoms with Gasteiger partial charge in [0, 0.05) is 28.9 Å². The van der Waals surface area contributed by atoms with Crippen molar-refractivity contribution < 1.29 is 14.3 Å². The van der Waals surface area contributed by atoms with Crippen LogP contribution < -0.4 is 9.54 Å². The number of thiazole rings is 1. The second kappa shape index (κ2) is 9.00. The number of aromatic nitrogens is 1. The summed E-state index contributed by atoms with van der Waals surface area (Å²) in [6.45, 7) is 5.28. The van der Waals surface area contributed by atoms with Crippen molar-refractivity contribution in [1.82, 2.24) is 4.68 Å². The van der Waals surface area contributed by atoms with Gasteiger partial charge in [0.2, 0.25) is 4.80 Å². The van der Waals surface area contributed by atoms with Crippen molar-refractivity contribution in [3.05, 3.63) is 64.3 Å². The summed E-state index contributed by atoms with van der Waals surface area (Å²) < 4.78 is 13.3. The van der Waals surface area contributed by atoms with Crippen LogP contribution in [-0.2, 0) is 0 Å². The number of aromatic hydroxyl groups is 1. The van der Waals surface area contributed by atoms with Crippen molar-refractivity contribution in [3.8, 4) is 23.0 Å². The molecule has 0 aliphatic carbocycles. The van der Waals surface area contributed by atoms with Gasteiger partial charge in [-0.2, -0.15) is 5.10 Å². The zero-order valence-corrected chi connectivity index (χ0v) is 17.7. The number of rotatable bonds is 7. The largest absolute Gasteiger partial charge is 0.507 e. The van der Waals surface area contributed by atoms with Gasteiger partial charge in [-0.1, -0.05) is 25.1 Å². The zero-order chi connectivity index (χ0) is 20.9. The van der Waals surface area contributed by atoms with Crippen molar-refractivity contribution in [2.24, 2.45) is 10.1 Å². The molecule has 0 atom stereocenters. The third-order valence-corrected chi connectivity index (χ3v) is 5.30. The van der Waals surface area contributed by atoms with E-state index < -0.39 is 0 Å². The second-order valence-electron chi connectivity index (χ2n) is 6.65. The molecule has 30 heavy (non-hydrogen) atoms. The normalized spacial score (nSPS) is 12.3. The molecule has 0 amide bonds. The maximum atomic E-state index is 10.4. The van der Waals surface area contributed by atoms with E-state index in [4.69, 9.17) is 9.15 Å². The van der Waals surface area contributed by atoms with E-state index in [0.717, 1.165) is 33.6 Å². The van der Waals surface area contributed by atoms with Gasteiger partial charge in [0.05, 0.1) is 12.8 Å². The fourth-order valence-electron chi connectivity index (χ4n) is 3.00. The van der Waals surface area contributed by atoms with Gasteiger partial charge in [0.25, 0.3) is 0 Å². The Labute approximate surface area is 178 Å². The monoisotopic (exact) mass is 421 g/mol. The van der Waals surface area contributed by atoms with Crippen LogP contribution in [-0.4, -0.2) is 29.1 Å². The molecule has 0 saturated heterocycles. The van der Waals surface area contributed by atoms with Crippen LogP contribution in [0.5, 0.6) is 11.5 Å². The van der Waals surface area contributed by atoms with Crippen LogP contribution in [0.1, 0.15) is 25.8 Å². The summed E-state index contributed by atoms with van der Waals surface area (Å²) in [5, 5.41) is 18.0. The number of nitrogens with zero attached hydrogens (tertiary/aromatic N) is 3. The van der Waals surface area contributed by atoms with Crippen LogP contribution in [0.4, 0.5) is 0 Å². The summed E-state index contributed by atoms with van der Waals surface area (Å²) in [5.74, 6) is 1.47. The van der Waals surface area contributed by atoms with E-state index >= 15 is 0 Å². The van der Waals surface area contributed by atoms with E-state index in [9.17, 15) is 5.11 Å². The summed E-state index contributed by atoms with van der Waals surface area (Å²) in [6, 6.07) is 15.1. The summed E-state index contributed by atoms with van der Waals surface area (Å²) in [4.78, 5) is 5.29. The SMILES string of the molecule is CCCOc1ccc(C=Nn2c(-c3cc4ccccc4o3)csc2=NCC)c(O)c1. The highest BCUT2D eigenvalue weighted by Gasteiger charge is 2.13. The Bertz CT molecular complexity index is 1220. The molecule has 0 saturated carbocycles. The molecule has 0 aliphatic rings. The third kappa shape index (κ3) is 4.16. The van der Waals surface area contributed by atoms with Crippen molar-refractivity contribution in [1.29, 1.82) is 0 Å². The third-order valence-electron chi connectivity index (χ3n) is 4.44. The summed E-state index contributed by atoms with van der Waals surface area (Å²) in [5.41, 5.74) is 2.22. The number of benzene rings is 2. The van der Waals surface area contributed by atoms with E-state index in [1.54, 1.807) is 23.0 Å². The number of fused-ring (bicyclic) bond motifs is 1. The Balaban J connectivity index is 1.71. The van der Waals surface area contributed by atoms with Crippen molar-refractivity contribution in [2.75, 3.05) is 13.2 Å². The zero-order valence-electron chi connectivity index (χ0n) is 16.9. The summed E-state index contributed by atoms with van der Waals surface area (Å²) >= 11 is 1.50. The summed E-state index contributed by atoms with van der Waals surface area (Å²) in [6.07, 6.45) is 2.53. The van der Waals surface area contributed by atoms with E-state index in [0.29, 0.717) is 24.5 Å². The van der Waals surface area contributed by atoms with E-state index in [1.807, 2.05) is 55.6 Å². The van der Waals surface area contributed by atoms with E-state index in [1.165, 1.54) is 11.3 Å². The minimum Gasteiger partial charge on any atom is -0.507 e. The van der Waals surface area contributed by atoms with Gasteiger partial charge >= 0.3 is 0 Å². The number of phenolic OH excluding ortho intramolecular Hbond substituents is 1. The Morgan fingerprint density at radius 1 is 1.17 bits per heavy atom. The number of ether oxygens (including phenoxy) is 1. The maximum Gasteiger partial charge on any atom is 0.206 e. The lowest BCUT2D eigenvalue weighted by atomic mass is 10.2.